The number of allylic oxidation sites excluding steroid dienone is 2. The topological polar surface area (TPSA) is 57.5 Å². The molecule has 2 N–H and O–H groups in total. The van der Waals surface area contributed by atoms with Crippen molar-refractivity contribution in [3.8, 4) is 0 Å². The molecule has 0 aliphatic heterocycles. The Bertz CT molecular complexity index is 222. The first kappa shape index (κ1) is 11.9. The van der Waals surface area contributed by atoms with E-state index in [1.54, 1.807) is 0 Å². The first-order chi connectivity index (χ1) is 5.86. The molecule has 0 aromatic carbocycles. The molecule has 74 valence electrons. The van der Waals surface area contributed by atoms with Gasteiger partial charge in [-0.2, -0.15) is 0 Å². The first-order valence-corrected chi connectivity index (χ1v) is 4.14. The standard InChI is InChI=1S/C8H12O.C2H4O2/c1-7-5-3-4-6-8(7,2)9;1-2(3)4/h3-7,9H,1-2H3;1H3,(H,3,4). The molecule has 1 rings (SSSR count). The summed E-state index contributed by atoms with van der Waals surface area (Å²) in [5, 5.41) is 16.9. The number of rotatable bonds is 0. The molecular weight excluding hydrogens is 168 g/mol. The Morgan fingerprint density at radius 1 is 1.46 bits per heavy atom. The molecule has 1 aliphatic rings. The van der Waals surface area contributed by atoms with E-state index in [0.717, 1.165) is 6.92 Å². The van der Waals surface area contributed by atoms with Crippen LogP contribution in [0.5, 0.6) is 0 Å². The van der Waals surface area contributed by atoms with Crippen molar-refractivity contribution < 1.29 is 15.0 Å². The van der Waals surface area contributed by atoms with Crippen LogP contribution in [0.4, 0.5) is 0 Å². The van der Waals surface area contributed by atoms with Crippen molar-refractivity contribution in [2.24, 2.45) is 5.92 Å². The Morgan fingerprint density at radius 3 is 2.15 bits per heavy atom. The van der Waals surface area contributed by atoms with E-state index in [0.29, 0.717) is 0 Å². The highest BCUT2D eigenvalue weighted by Crippen LogP contribution is 2.22. The van der Waals surface area contributed by atoms with Gasteiger partial charge in [-0.1, -0.05) is 31.2 Å². The smallest absolute Gasteiger partial charge is 0.300 e. The fourth-order valence-corrected chi connectivity index (χ4v) is 0.828. The molecule has 0 bridgehead atoms. The van der Waals surface area contributed by atoms with Gasteiger partial charge in [-0.05, 0) is 6.92 Å². The molecule has 0 saturated carbocycles. The van der Waals surface area contributed by atoms with Crippen LogP contribution in [0.25, 0.3) is 0 Å². The van der Waals surface area contributed by atoms with Crippen LogP contribution in [-0.4, -0.2) is 21.8 Å². The van der Waals surface area contributed by atoms with Gasteiger partial charge in [0.25, 0.3) is 5.97 Å². The zero-order chi connectivity index (χ0) is 10.5. The zero-order valence-electron chi connectivity index (χ0n) is 8.19. The minimum Gasteiger partial charge on any atom is -0.481 e. The fourth-order valence-electron chi connectivity index (χ4n) is 0.828. The third kappa shape index (κ3) is 5.20. The Kier molecular flexibility index (Phi) is 4.42. The third-order valence-electron chi connectivity index (χ3n) is 1.87. The van der Waals surface area contributed by atoms with Crippen molar-refractivity contribution in [2.75, 3.05) is 0 Å². The lowest BCUT2D eigenvalue weighted by atomic mass is 9.87. The van der Waals surface area contributed by atoms with Gasteiger partial charge in [0.05, 0.1) is 5.60 Å². The lowest BCUT2D eigenvalue weighted by molar-refractivity contribution is -0.134. The van der Waals surface area contributed by atoms with E-state index < -0.39 is 11.6 Å². The minimum atomic E-state index is -0.833. The van der Waals surface area contributed by atoms with Crippen LogP contribution in [0.3, 0.4) is 0 Å². The fraction of sp³-hybridized carbons (Fsp3) is 0.500. The summed E-state index contributed by atoms with van der Waals surface area (Å²) < 4.78 is 0. The van der Waals surface area contributed by atoms with E-state index in [-0.39, 0.29) is 5.92 Å². The van der Waals surface area contributed by atoms with Crippen molar-refractivity contribution >= 4 is 5.97 Å². The molecule has 0 spiro atoms. The third-order valence-corrected chi connectivity index (χ3v) is 1.87. The molecule has 13 heavy (non-hydrogen) atoms. The number of carboxylic acids is 1. The number of aliphatic hydroxyl groups is 1. The molecule has 3 heteroatoms. The van der Waals surface area contributed by atoms with E-state index in [4.69, 9.17) is 9.90 Å². The quantitative estimate of drug-likeness (QED) is 0.601. The van der Waals surface area contributed by atoms with Crippen molar-refractivity contribution in [3.63, 3.8) is 0 Å². The van der Waals surface area contributed by atoms with Gasteiger partial charge in [0.15, 0.2) is 0 Å². The van der Waals surface area contributed by atoms with Crippen LogP contribution >= 0.6 is 0 Å². The normalized spacial score (nSPS) is 30.6. The molecule has 0 fully saturated rings. The molecule has 0 saturated heterocycles. The van der Waals surface area contributed by atoms with Crippen molar-refractivity contribution in [3.05, 3.63) is 24.3 Å². The molecular formula is C10H16O3. The van der Waals surface area contributed by atoms with Gasteiger partial charge in [-0.15, -0.1) is 0 Å². The summed E-state index contributed by atoms with van der Waals surface area (Å²) in [5.74, 6) is -0.595. The summed E-state index contributed by atoms with van der Waals surface area (Å²) in [5.41, 5.74) is -0.630. The highest BCUT2D eigenvalue weighted by Gasteiger charge is 2.23. The van der Waals surface area contributed by atoms with Gasteiger partial charge in [0, 0.05) is 12.8 Å². The average Bonchev–Trinajstić information content (AvgIpc) is 1.94. The molecule has 3 nitrogen and oxygen atoms in total. The average molecular weight is 184 g/mol. The summed E-state index contributed by atoms with van der Waals surface area (Å²) in [6, 6.07) is 0. The summed E-state index contributed by atoms with van der Waals surface area (Å²) in [4.78, 5) is 9.00. The minimum absolute atomic E-state index is 0.238. The van der Waals surface area contributed by atoms with Crippen LogP contribution < -0.4 is 0 Å². The van der Waals surface area contributed by atoms with E-state index >= 15 is 0 Å². The Labute approximate surface area is 78.4 Å². The summed E-state index contributed by atoms with van der Waals surface area (Å²) in [6.07, 6.45) is 7.65. The molecule has 2 atom stereocenters. The second-order valence-electron chi connectivity index (χ2n) is 3.28. The SMILES string of the molecule is CC(=O)O.CC1C=CC=CC1(C)O. The van der Waals surface area contributed by atoms with Crippen LogP contribution in [0, 0.1) is 5.92 Å². The molecule has 0 heterocycles. The maximum absolute atomic E-state index is 9.50. The van der Waals surface area contributed by atoms with Crippen LogP contribution in [0.2, 0.25) is 0 Å². The van der Waals surface area contributed by atoms with Crippen LogP contribution in [-0.2, 0) is 4.79 Å². The second-order valence-corrected chi connectivity index (χ2v) is 3.28. The maximum atomic E-state index is 9.50. The predicted octanol–water partition coefficient (Wildman–Crippen LogP) is 1.59. The maximum Gasteiger partial charge on any atom is 0.300 e. The molecule has 1 aliphatic carbocycles. The van der Waals surface area contributed by atoms with Gasteiger partial charge in [0.1, 0.15) is 0 Å². The summed E-state index contributed by atoms with van der Waals surface area (Å²) in [6.45, 7) is 4.90. The van der Waals surface area contributed by atoms with E-state index in [9.17, 15) is 5.11 Å². The van der Waals surface area contributed by atoms with Crippen molar-refractivity contribution in [2.45, 2.75) is 26.4 Å². The van der Waals surface area contributed by atoms with E-state index in [2.05, 4.69) is 0 Å². The molecule has 0 aromatic heterocycles. The largest absolute Gasteiger partial charge is 0.481 e. The van der Waals surface area contributed by atoms with Gasteiger partial charge < -0.3 is 10.2 Å². The number of carbonyl (C=O) groups is 1. The first-order valence-electron chi connectivity index (χ1n) is 4.14. The molecule has 0 amide bonds. The zero-order valence-corrected chi connectivity index (χ0v) is 8.19. The molecule has 2 unspecified atom stereocenters. The summed E-state index contributed by atoms with van der Waals surface area (Å²) in [7, 11) is 0. The number of aliphatic carboxylic acids is 1. The Balaban J connectivity index is 0.000000310. The van der Waals surface area contributed by atoms with Crippen LogP contribution in [0.1, 0.15) is 20.8 Å². The number of hydrogen-bond donors (Lipinski definition) is 2. The van der Waals surface area contributed by atoms with Crippen molar-refractivity contribution in [1.82, 2.24) is 0 Å². The predicted molar refractivity (Wildman–Crippen MR) is 51.4 cm³/mol. The lowest BCUT2D eigenvalue weighted by Crippen LogP contribution is -2.29. The Morgan fingerprint density at radius 2 is 1.92 bits per heavy atom. The highest BCUT2D eigenvalue weighted by molar-refractivity contribution is 5.62. The van der Waals surface area contributed by atoms with Gasteiger partial charge in [-0.3, -0.25) is 4.79 Å². The number of carboxylic acid groups (broad SMARTS) is 1. The lowest BCUT2D eigenvalue weighted by Gasteiger charge is -2.26. The summed E-state index contributed by atoms with van der Waals surface area (Å²) >= 11 is 0. The Hall–Kier alpha value is -1.09. The highest BCUT2D eigenvalue weighted by atomic mass is 16.4. The molecule has 0 aromatic rings. The second kappa shape index (κ2) is 4.82. The van der Waals surface area contributed by atoms with Gasteiger partial charge >= 0.3 is 0 Å². The number of hydrogen-bond acceptors (Lipinski definition) is 2. The van der Waals surface area contributed by atoms with E-state index in [1.807, 2.05) is 38.2 Å². The van der Waals surface area contributed by atoms with E-state index in [1.165, 1.54) is 0 Å². The van der Waals surface area contributed by atoms with Crippen molar-refractivity contribution in [1.29, 1.82) is 0 Å². The monoisotopic (exact) mass is 184 g/mol. The van der Waals surface area contributed by atoms with Gasteiger partial charge in [0.2, 0.25) is 0 Å². The van der Waals surface area contributed by atoms with Crippen LogP contribution in [0.15, 0.2) is 24.3 Å². The van der Waals surface area contributed by atoms with Gasteiger partial charge in [-0.25, -0.2) is 0 Å². The molecule has 0 radical (unpaired) electrons.